The molecule has 136 valence electrons. The van der Waals surface area contributed by atoms with Crippen LogP contribution in [0.3, 0.4) is 0 Å². The molecule has 0 bridgehead atoms. The smallest absolute Gasteiger partial charge is 0.299 e. The minimum Gasteiger partial charge on any atom is -0.299 e. The monoisotopic (exact) mass is 345 g/mol. The second-order valence-electron chi connectivity index (χ2n) is 9.31. The van der Waals surface area contributed by atoms with Gasteiger partial charge >= 0.3 is 5.70 Å². The number of carbonyl (C=O) groups excluding carboxylic acids is 2. The van der Waals surface area contributed by atoms with Gasteiger partial charge in [0.25, 0.3) is 0 Å². The highest BCUT2D eigenvalue weighted by Gasteiger charge is 2.62. The van der Waals surface area contributed by atoms with Crippen molar-refractivity contribution in [2.75, 3.05) is 0 Å². The van der Waals surface area contributed by atoms with E-state index in [1.807, 2.05) is 0 Å². The summed E-state index contributed by atoms with van der Waals surface area (Å²) in [7, 11) is 0. The van der Waals surface area contributed by atoms with Gasteiger partial charge in [-0.2, -0.15) is 0 Å². The number of rotatable bonds is 1. The maximum absolute atomic E-state index is 12.5. The Morgan fingerprint density at radius 3 is 2.40 bits per heavy atom. The molecule has 0 heterocycles. The van der Waals surface area contributed by atoms with Gasteiger partial charge in [0.05, 0.1) is 4.92 Å². The fraction of sp³-hybridized carbons (Fsp3) is 0.800. The van der Waals surface area contributed by atoms with E-state index in [9.17, 15) is 19.7 Å². The first-order valence-corrected chi connectivity index (χ1v) is 9.64. The van der Waals surface area contributed by atoms with Gasteiger partial charge in [-0.3, -0.25) is 19.7 Å². The molecule has 0 aliphatic heterocycles. The molecular formula is C20H27NO4. The van der Waals surface area contributed by atoms with Crippen molar-refractivity contribution in [3.63, 3.8) is 0 Å². The zero-order valence-electron chi connectivity index (χ0n) is 15.3. The lowest BCUT2D eigenvalue weighted by Crippen LogP contribution is -2.54. The van der Waals surface area contributed by atoms with Gasteiger partial charge in [-0.15, -0.1) is 0 Å². The quantitative estimate of drug-likeness (QED) is 0.533. The van der Waals surface area contributed by atoms with Gasteiger partial charge in [0.1, 0.15) is 5.78 Å². The maximum atomic E-state index is 12.5. The Morgan fingerprint density at radius 2 is 1.72 bits per heavy atom. The predicted molar refractivity (Wildman–Crippen MR) is 92.2 cm³/mol. The Labute approximate surface area is 148 Å². The lowest BCUT2D eigenvalue weighted by molar-refractivity contribution is -0.422. The van der Waals surface area contributed by atoms with E-state index >= 15 is 0 Å². The molecule has 25 heavy (non-hydrogen) atoms. The molecule has 5 unspecified atom stereocenters. The molecule has 4 rings (SSSR count). The van der Waals surface area contributed by atoms with Gasteiger partial charge in [0, 0.05) is 23.8 Å². The first-order chi connectivity index (χ1) is 11.7. The Balaban J connectivity index is 1.81. The average molecular weight is 345 g/mol. The Morgan fingerprint density at radius 1 is 1.04 bits per heavy atom. The summed E-state index contributed by atoms with van der Waals surface area (Å²) < 4.78 is 0. The number of ketones is 2. The maximum Gasteiger partial charge on any atom is 0.311 e. The molecule has 3 saturated carbocycles. The summed E-state index contributed by atoms with van der Waals surface area (Å²) >= 11 is 0. The van der Waals surface area contributed by atoms with Crippen molar-refractivity contribution >= 4 is 11.6 Å². The number of fused-ring (bicyclic) bond motifs is 5. The molecule has 0 aromatic rings. The van der Waals surface area contributed by atoms with E-state index in [2.05, 4.69) is 20.8 Å². The molecule has 0 radical (unpaired) electrons. The second kappa shape index (κ2) is 5.24. The van der Waals surface area contributed by atoms with Crippen LogP contribution in [-0.2, 0) is 9.59 Å². The van der Waals surface area contributed by atoms with Gasteiger partial charge in [-0.25, -0.2) is 0 Å². The van der Waals surface area contributed by atoms with Crippen LogP contribution in [0.1, 0.15) is 65.7 Å². The van der Waals surface area contributed by atoms with Crippen molar-refractivity contribution in [2.24, 2.45) is 34.5 Å². The van der Waals surface area contributed by atoms with Gasteiger partial charge in [-0.05, 0) is 61.2 Å². The van der Waals surface area contributed by atoms with Gasteiger partial charge in [0.15, 0.2) is 0 Å². The Kier molecular flexibility index (Phi) is 3.55. The Bertz CT molecular complexity index is 710. The molecule has 3 fully saturated rings. The van der Waals surface area contributed by atoms with Crippen LogP contribution >= 0.6 is 0 Å². The summed E-state index contributed by atoms with van der Waals surface area (Å²) in [5, 5.41) is 11.6. The Hall–Kier alpha value is -1.52. The lowest BCUT2D eigenvalue weighted by Gasteiger charge is -2.58. The zero-order valence-corrected chi connectivity index (χ0v) is 15.3. The van der Waals surface area contributed by atoms with Crippen molar-refractivity contribution in [2.45, 2.75) is 65.7 Å². The molecule has 6 atom stereocenters. The van der Waals surface area contributed by atoms with Crippen LogP contribution in [0.4, 0.5) is 0 Å². The summed E-state index contributed by atoms with van der Waals surface area (Å²) in [6.07, 6.45) is 5.16. The zero-order chi connectivity index (χ0) is 18.1. The van der Waals surface area contributed by atoms with Crippen LogP contribution in [0.5, 0.6) is 0 Å². The number of Topliss-reactive ketones (excluding diaryl/α,β-unsaturated/α-hetero) is 2. The largest absolute Gasteiger partial charge is 0.311 e. The molecule has 4 aliphatic carbocycles. The van der Waals surface area contributed by atoms with Crippen molar-refractivity contribution < 1.29 is 14.5 Å². The standard InChI is InChI=1S/C20H27NO4/c1-11-10-14-18(21(24)25)15(22)7-9-19(14,2)13-6-8-20(3)12(17(11)13)4-5-16(20)23/h11-13,17H,4-10H2,1-3H3/t11-,12?,13?,17?,19?,20?/m1/s1. The van der Waals surface area contributed by atoms with Crippen molar-refractivity contribution in [3.8, 4) is 0 Å². The molecule has 4 aliphatic rings. The van der Waals surface area contributed by atoms with E-state index in [0.717, 1.165) is 31.3 Å². The second-order valence-corrected chi connectivity index (χ2v) is 9.31. The molecule has 5 nitrogen and oxygen atoms in total. The molecule has 0 saturated heterocycles. The molecule has 0 spiro atoms. The third kappa shape index (κ3) is 2.07. The minimum absolute atomic E-state index is 0.116. The van der Waals surface area contributed by atoms with E-state index in [-0.39, 0.29) is 28.7 Å². The third-order valence-electron chi connectivity index (χ3n) is 8.34. The fourth-order valence-corrected chi connectivity index (χ4v) is 6.99. The highest BCUT2D eigenvalue weighted by atomic mass is 16.6. The van der Waals surface area contributed by atoms with Gasteiger partial charge in [-0.1, -0.05) is 20.8 Å². The fourth-order valence-electron chi connectivity index (χ4n) is 6.99. The SMILES string of the molecule is C[C@@H]1CC2=C([N+](=O)[O-])C(=O)CCC2(C)C2CCC3(C)C(=O)CCC3C21. The summed E-state index contributed by atoms with van der Waals surface area (Å²) in [4.78, 5) is 35.9. The lowest BCUT2D eigenvalue weighted by atomic mass is 9.45. The van der Waals surface area contributed by atoms with Crippen LogP contribution in [0.15, 0.2) is 11.3 Å². The summed E-state index contributed by atoms with van der Waals surface area (Å²) in [5.74, 6) is 1.63. The summed E-state index contributed by atoms with van der Waals surface area (Å²) in [6.45, 7) is 6.48. The van der Waals surface area contributed by atoms with E-state index in [4.69, 9.17) is 0 Å². The van der Waals surface area contributed by atoms with Crippen LogP contribution in [-0.4, -0.2) is 16.5 Å². The van der Waals surface area contributed by atoms with Crippen LogP contribution < -0.4 is 0 Å². The highest BCUT2D eigenvalue weighted by Crippen LogP contribution is 2.66. The first kappa shape index (κ1) is 16.9. The predicted octanol–water partition coefficient (Wildman–Crippen LogP) is 3.94. The normalized spacial score (nSPS) is 46.5. The molecule has 0 aromatic carbocycles. The van der Waals surface area contributed by atoms with Gasteiger partial charge in [0.2, 0.25) is 5.78 Å². The molecule has 0 aromatic heterocycles. The number of hydrogen-bond donors (Lipinski definition) is 0. The van der Waals surface area contributed by atoms with Crippen LogP contribution in [0, 0.1) is 44.6 Å². The molecular weight excluding hydrogens is 318 g/mol. The van der Waals surface area contributed by atoms with E-state index in [0.29, 0.717) is 42.3 Å². The number of hydrogen-bond acceptors (Lipinski definition) is 4. The number of nitrogens with zero attached hydrogens (tertiary/aromatic N) is 1. The summed E-state index contributed by atoms with van der Waals surface area (Å²) in [6, 6.07) is 0. The van der Waals surface area contributed by atoms with Crippen molar-refractivity contribution in [1.82, 2.24) is 0 Å². The van der Waals surface area contributed by atoms with E-state index in [1.54, 1.807) is 0 Å². The number of nitro groups is 1. The van der Waals surface area contributed by atoms with E-state index < -0.39 is 4.92 Å². The molecule has 0 amide bonds. The van der Waals surface area contributed by atoms with E-state index in [1.165, 1.54) is 0 Å². The highest BCUT2D eigenvalue weighted by molar-refractivity contribution is 5.95. The van der Waals surface area contributed by atoms with Crippen LogP contribution in [0.25, 0.3) is 0 Å². The number of carbonyl (C=O) groups is 2. The number of allylic oxidation sites excluding steroid dienone is 1. The van der Waals surface area contributed by atoms with Crippen molar-refractivity contribution in [1.29, 1.82) is 0 Å². The summed E-state index contributed by atoms with van der Waals surface area (Å²) in [5.41, 5.74) is 0.245. The van der Waals surface area contributed by atoms with Crippen molar-refractivity contribution in [3.05, 3.63) is 21.4 Å². The van der Waals surface area contributed by atoms with Gasteiger partial charge < -0.3 is 0 Å². The van der Waals surface area contributed by atoms with Crippen LogP contribution in [0.2, 0.25) is 0 Å². The third-order valence-corrected chi connectivity index (χ3v) is 8.34. The molecule has 5 heteroatoms. The first-order valence-electron chi connectivity index (χ1n) is 9.64. The molecule has 0 N–H and O–H groups in total. The topological polar surface area (TPSA) is 77.3 Å². The minimum atomic E-state index is -0.436. The average Bonchev–Trinajstić information content (AvgIpc) is 2.84.